The van der Waals surface area contributed by atoms with Gasteiger partial charge in [0.1, 0.15) is 0 Å². The Bertz CT molecular complexity index is 926. The molecule has 150 valence electrons. The summed E-state index contributed by atoms with van der Waals surface area (Å²) in [5.41, 5.74) is 1.29. The summed E-state index contributed by atoms with van der Waals surface area (Å²) in [6.07, 6.45) is 3.57. The number of sulfonamides is 1. The summed E-state index contributed by atoms with van der Waals surface area (Å²) in [5.74, 6) is 0.244. The number of pyridine rings is 1. The molecule has 1 aromatic heterocycles. The van der Waals surface area contributed by atoms with Gasteiger partial charge in [-0.25, -0.2) is 13.1 Å². The van der Waals surface area contributed by atoms with Crippen molar-refractivity contribution in [1.29, 1.82) is 0 Å². The molecule has 0 bridgehead atoms. The van der Waals surface area contributed by atoms with Gasteiger partial charge in [-0.3, -0.25) is 20.0 Å². The highest BCUT2D eigenvalue weighted by atomic mass is 32.2. The Morgan fingerprint density at radius 2 is 2.00 bits per heavy atom. The average Bonchev–Trinajstić information content (AvgIpc) is 2.68. The Labute approximate surface area is 164 Å². The van der Waals surface area contributed by atoms with Crippen molar-refractivity contribution >= 4 is 15.7 Å². The molecule has 2 aromatic rings. The summed E-state index contributed by atoms with van der Waals surface area (Å²) in [4.78, 5) is 17.0. The fourth-order valence-corrected chi connectivity index (χ4v) is 4.75. The van der Waals surface area contributed by atoms with Gasteiger partial charge in [0.15, 0.2) is 0 Å². The zero-order chi connectivity index (χ0) is 20.1. The monoisotopic (exact) mass is 404 g/mol. The quantitative estimate of drug-likeness (QED) is 0.561. The number of non-ortho nitro benzene ring substituents is 1. The third kappa shape index (κ3) is 5.12. The van der Waals surface area contributed by atoms with Crippen molar-refractivity contribution in [3.63, 3.8) is 0 Å². The molecule has 0 radical (unpaired) electrons. The van der Waals surface area contributed by atoms with E-state index in [-0.39, 0.29) is 16.5 Å². The van der Waals surface area contributed by atoms with Crippen LogP contribution in [0.2, 0.25) is 0 Å². The van der Waals surface area contributed by atoms with Crippen LogP contribution in [0.3, 0.4) is 0 Å². The normalized spacial score (nSPS) is 16.2. The second kappa shape index (κ2) is 8.76. The highest BCUT2D eigenvalue weighted by molar-refractivity contribution is 7.89. The number of nitrogens with zero attached hydrogens (tertiary/aromatic N) is 3. The maximum absolute atomic E-state index is 12.6. The fourth-order valence-electron chi connectivity index (χ4n) is 3.37. The highest BCUT2D eigenvalue weighted by Crippen LogP contribution is 2.23. The molecule has 9 heteroatoms. The molecule has 2 heterocycles. The number of piperidine rings is 1. The first-order chi connectivity index (χ1) is 13.3. The standard InChI is InChI=1S/C19H24N4O4S/c1-15-5-6-18(23(24)25)12-19(15)28(26,27)21-13-16-7-10-22(11-8-16)14-17-4-2-3-9-20-17/h2-6,9,12,16,21H,7-8,10-11,13-14H2,1H3. The third-order valence-electron chi connectivity index (χ3n) is 5.05. The van der Waals surface area contributed by atoms with Gasteiger partial charge in [0.05, 0.1) is 15.5 Å². The van der Waals surface area contributed by atoms with Crippen LogP contribution >= 0.6 is 0 Å². The Morgan fingerprint density at radius 1 is 1.25 bits per heavy atom. The van der Waals surface area contributed by atoms with Crippen LogP contribution in [-0.2, 0) is 16.6 Å². The number of likely N-dealkylation sites (tertiary alicyclic amines) is 1. The first-order valence-electron chi connectivity index (χ1n) is 9.22. The van der Waals surface area contributed by atoms with Gasteiger partial charge < -0.3 is 0 Å². The average molecular weight is 404 g/mol. The second-order valence-corrected chi connectivity index (χ2v) is 8.83. The molecule has 1 saturated heterocycles. The van der Waals surface area contributed by atoms with Crippen molar-refractivity contribution in [3.05, 3.63) is 64.0 Å². The summed E-state index contributed by atoms with van der Waals surface area (Å²) >= 11 is 0. The minimum Gasteiger partial charge on any atom is -0.297 e. The predicted octanol–water partition coefficient (Wildman–Crippen LogP) is 2.49. The Hall–Kier alpha value is -2.36. The summed E-state index contributed by atoms with van der Waals surface area (Å²) in [7, 11) is -3.79. The summed E-state index contributed by atoms with van der Waals surface area (Å²) in [6, 6.07) is 9.76. The summed E-state index contributed by atoms with van der Waals surface area (Å²) < 4.78 is 27.9. The van der Waals surface area contributed by atoms with E-state index in [1.165, 1.54) is 12.1 Å². The lowest BCUT2D eigenvalue weighted by Crippen LogP contribution is -2.38. The molecule has 0 aliphatic carbocycles. The van der Waals surface area contributed by atoms with Gasteiger partial charge in [0, 0.05) is 31.4 Å². The molecule has 1 aliphatic rings. The maximum atomic E-state index is 12.6. The van der Waals surface area contributed by atoms with E-state index in [9.17, 15) is 18.5 Å². The molecule has 0 spiro atoms. The highest BCUT2D eigenvalue weighted by Gasteiger charge is 2.24. The lowest BCUT2D eigenvalue weighted by Gasteiger charge is -2.31. The zero-order valence-corrected chi connectivity index (χ0v) is 16.6. The number of hydrogen-bond donors (Lipinski definition) is 1. The molecule has 28 heavy (non-hydrogen) atoms. The van der Waals surface area contributed by atoms with Gasteiger partial charge in [0.25, 0.3) is 5.69 Å². The van der Waals surface area contributed by atoms with Crippen LogP contribution in [0.25, 0.3) is 0 Å². The van der Waals surface area contributed by atoms with Crippen LogP contribution in [0.4, 0.5) is 5.69 Å². The first kappa shape index (κ1) is 20.4. The van der Waals surface area contributed by atoms with Gasteiger partial charge >= 0.3 is 0 Å². The van der Waals surface area contributed by atoms with E-state index in [4.69, 9.17) is 0 Å². The minimum absolute atomic E-state index is 0.0331. The molecule has 3 rings (SSSR count). The van der Waals surface area contributed by atoms with Crippen molar-refractivity contribution in [2.75, 3.05) is 19.6 Å². The molecule has 8 nitrogen and oxygen atoms in total. The topological polar surface area (TPSA) is 105 Å². The van der Waals surface area contributed by atoms with E-state index in [2.05, 4.69) is 14.6 Å². The number of nitro benzene ring substituents is 1. The van der Waals surface area contributed by atoms with E-state index < -0.39 is 14.9 Å². The Kier molecular flexibility index (Phi) is 6.38. The molecule has 0 amide bonds. The SMILES string of the molecule is Cc1ccc([N+](=O)[O-])cc1S(=O)(=O)NCC1CCN(Cc2ccccn2)CC1. The predicted molar refractivity (Wildman–Crippen MR) is 105 cm³/mol. The lowest BCUT2D eigenvalue weighted by molar-refractivity contribution is -0.385. The number of rotatable bonds is 7. The van der Waals surface area contributed by atoms with E-state index in [0.717, 1.165) is 44.2 Å². The number of hydrogen-bond acceptors (Lipinski definition) is 6. The summed E-state index contributed by atoms with van der Waals surface area (Å²) in [5, 5.41) is 10.9. The van der Waals surface area contributed by atoms with E-state index in [1.807, 2.05) is 18.2 Å². The Morgan fingerprint density at radius 3 is 2.64 bits per heavy atom. The number of aryl methyl sites for hydroxylation is 1. The molecule has 1 aromatic carbocycles. The van der Waals surface area contributed by atoms with E-state index in [0.29, 0.717) is 12.1 Å². The lowest BCUT2D eigenvalue weighted by atomic mass is 9.97. The zero-order valence-electron chi connectivity index (χ0n) is 15.7. The molecule has 0 saturated carbocycles. The molecular formula is C19H24N4O4S. The number of nitrogens with one attached hydrogen (secondary N) is 1. The molecule has 1 aliphatic heterocycles. The van der Waals surface area contributed by atoms with Crippen molar-refractivity contribution in [2.45, 2.75) is 31.2 Å². The van der Waals surface area contributed by atoms with Gasteiger partial charge in [0.2, 0.25) is 10.0 Å². The van der Waals surface area contributed by atoms with Crippen molar-refractivity contribution in [2.24, 2.45) is 5.92 Å². The van der Waals surface area contributed by atoms with E-state index >= 15 is 0 Å². The van der Waals surface area contributed by atoms with E-state index in [1.54, 1.807) is 13.1 Å². The largest absolute Gasteiger partial charge is 0.297 e. The molecular weight excluding hydrogens is 380 g/mol. The fraction of sp³-hybridized carbons (Fsp3) is 0.421. The molecule has 0 unspecified atom stereocenters. The van der Waals surface area contributed by atoms with Crippen LogP contribution < -0.4 is 4.72 Å². The molecule has 1 N–H and O–H groups in total. The van der Waals surface area contributed by atoms with Gasteiger partial charge in [-0.15, -0.1) is 0 Å². The van der Waals surface area contributed by atoms with Crippen molar-refractivity contribution in [3.8, 4) is 0 Å². The van der Waals surface area contributed by atoms with Crippen LogP contribution in [0.1, 0.15) is 24.1 Å². The number of nitro groups is 1. The smallest absolute Gasteiger partial charge is 0.270 e. The van der Waals surface area contributed by atoms with Crippen molar-refractivity contribution in [1.82, 2.24) is 14.6 Å². The molecule has 1 fully saturated rings. The molecule has 0 atom stereocenters. The first-order valence-corrected chi connectivity index (χ1v) is 10.7. The van der Waals surface area contributed by atoms with Gasteiger partial charge in [-0.05, 0) is 56.5 Å². The minimum atomic E-state index is -3.79. The second-order valence-electron chi connectivity index (χ2n) is 7.10. The number of benzene rings is 1. The number of aromatic nitrogens is 1. The van der Waals surface area contributed by atoms with Crippen LogP contribution in [0, 0.1) is 23.0 Å². The van der Waals surface area contributed by atoms with Crippen LogP contribution in [0.5, 0.6) is 0 Å². The third-order valence-corrected chi connectivity index (χ3v) is 6.62. The maximum Gasteiger partial charge on any atom is 0.270 e. The van der Waals surface area contributed by atoms with Gasteiger partial charge in [-0.1, -0.05) is 12.1 Å². The van der Waals surface area contributed by atoms with Crippen LogP contribution in [-0.4, -0.2) is 42.9 Å². The van der Waals surface area contributed by atoms with Crippen LogP contribution in [0.15, 0.2) is 47.5 Å². The van der Waals surface area contributed by atoms with Crippen molar-refractivity contribution < 1.29 is 13.3 Å². The Balaban J connectivity index is 1.55. The summed E-state index contributed by atoms with van der Waals surface area (Å²) in [6.45, 7) is 4.54. The van der Waals surface area contributed by atoms with Gasteiger partial charge in [-0.2, -0.15) is 0 Å².